The van der Waals surface area contributed by atoms with Gasteiger partial charge in [0.05, 0.1) is 5.56 Å². The van der Waals surface area contributed by atoms with E-state index in [0.29, 0.717) is 0 Å². The molecule has 0 spiro atoms. The van der Waals surface area contributed by atoms with Gasteiger partial charge in [-0.25, -0.2) is 9.78 Å². The van der Waals surface area contributed by atoms with Gasteiger partial charge in [-0.15, -0.1) is 0 Å². The Morgan fingerprint density at radius 2 is 2.31 bits per heavy atom. The van der Waals surface area contributed by atoms with Crippen LogP contribution >= 0.6 is 11.6 Å². The lowest BCUT2D eigenvalue weighted by Crippen LogP contribution is -2.07. The van der Waals surface area contributed by atoms with Crippen molar-refractivity contribution in [1.82, 2.24) is 4.98 Å². The molecule has 0 amide bonds. The zero-order chi connectivity index (χ0) is 10.0. The molecule has 0 radical (unpaired) electrons. The predicted molar refractivity (Wildman–Crippen MR) is 45.7 cm³/mol. The van der Waals surface area contributed by atoms with Gasteiger partial charge in [0.1, 0.15) is 5.15 Å². The molecule has 0 saturated carbocycles. The highest BCUT2D eigenvalue weighted by Crippen LogP contribution is 2.17. The molecule has 1 aromatic rings. The molecule has 13 heavy (non-hydrogen) atoms. The van der Waals surface area contributed by atoms with E-state index in [4.69, 9.17) is 16.7 Å². The summed E-state index contributed by atoms with van der Waals surface area (Å²) in [5.41, 5.74) is -0.0977. The van der Waals surface area contributed by atoms with Crippen molar-refractivity contribution < 1.29 is 14.4 Å². The summed E-state index contributed by atoms with van der Waals surface area (Å²) in [7, 11) is 1.10. The highest BCUT2D eigenvalue weighted by Gasteiger charge is 2.09. The lowest BCUT2D eigenvalue weighted by Gasteiger charge is -2.06. The number of hydrogen-bond acceptors (Lipinski definition) is 3. The Morgan fingerprint density at radius 1 is 1.69 bits per heavy atom. The van der Waals surface area contributed by atoms with Crippen LogP contribution in [0.2, 0.25) is 5.15 Å². The molecule has 0 atom stereocenters. The van der Waals surface area contributed by atoms with Crippen LogP contribution in [-0.4, -0.2) is 23.1 Å². The van der Waals surface area contributed by atoms with Crippen molar-refractivity contribution in [2.45, 2.75) is 0 Å². The number of halogens is 2. The molecule has 1 heterocycles. The van der Waals surface area contributed by atoms with Crippen molar-refractivity contribution in [3.8, 4) is 0 Å². The van der Waals surface area contributed by atoms with Crippen molar-refractivity contribution in [2.24, 2.45) is 0 Å². The summed E-state index contributed by atoms with van der Waals surface area (Å²) >= 11 is 5.47. The first-order valence-electron chi connectivity index (χ1n) is 3.31. The van der Waals surface area contributed by atoms with Crippen molar-refractivity contribution in [3.05, 3.63) is 22.8 Å². The summed E-state index contributed by atoms with van der Waals surface area (Å²) in [6.45, 7) is 0. The Labute approximate surface area is 78.5 Å². The fourth-order valence-corrected chi connectivity index (χ4v) is 0.969. The molecule has 1 N–H and O–H groups in total. The van der Waals surface area contributed by atoms with E-state index in [1.54, 1.807) is 0 Å². The number of carboxylic acid groups (broad SMARTS) is 1. The first-order chi connectivity index (χ1) is 6.00. The zero-order valence-electron chi connectivity index (χ0n) is 6.66. The van der Waals surface area contributed by atoms with Crippen LogP contribution in [0.5, 0.6) is 0 Å². The van der Waals surface area contributed by atoms with E-state index in [-0.39, 0.29) is 21.7 Å². The number of aromatic carboxylic acids is 1. The highest BCUT2D eigenvalue weighted by molar-refractivity contribution is 6.29. The quantitative estimate of drug-likeness (QED) is 0.589. The van der Waals surface area contributed by atoms with Gasteiger partial charge in [-0.3, -0.25) is 0 Å². The molecular formula is C7H6ClFN2O2. The molecular weight excluding hydrogens is 199 g/mol. The van der Waals surface area contributed by atoms with Crippen LogP contribution in [0.3, 0.4) is 0 Å². The summed E-state index contributed by atoms with van der Waals surface area (Å²) in [6, 6.07) is 2.24. The van der Waals surface area contributed by atoms with Crippen LogP contribution in [0.4, 0.5) is 10.3 Å². The topological polar surface area (TPSA) is 53.4 Å². The second kappa shape index (κ2) is 3.57. The summed E-state index contributed by atoms with van der Waals surface area (Å²) in [5, 5.41) is 8.72. The summed E-state index contributed by atoms with van der Waals surface area (Å²) in [4.78, 5) is 14.1. The minimum absolute atomic E-state index is 0.0561. The van der Waals surface area contributed by atoms with E-state index in [1.807, 2.05) is 0 Å². The fraction of sp³-hybridized carbons (Fsp3) is 0.143. The van der Waals surface area contributed by atoms with Crippen LogP contribution in [0.15, 0.2) is 12.1 Å². The smallest absolute Gasteiger partial charge is 0.335 e. The monoisotopic (exact) mass is 204 g/mol. The lowest BCUT2D eigenvalue weighted by molar-refractivity contribution is 0.0697. The fourth-order valence-electron chi connectivity index (χ4n) is 0.764. The molecule has 0 aliphatic heterocycles. The van der Waals surface area contributed by atoms with E-state index < -0.39 is 5.97 Å². The maximum atomic E-state index is 12.6. The Balaban J connectivity index is 3.19. The van der Waals surface area contributed by atoms with Crippen molar-refractivity contribution in [1.29, 1.82) is 0 Å². The Hall–Kier alpha value is -1.36. The number of carboxylic acids is 1. The number of pyridine rings is 1. The lowest BCUT2D eigenvalue weighted by atomic mass is 10.2. The Kier molecular flexibility index (Phi) is 2.67. The number of anilines is 1. The van der Waals surface area contributed by atoms with Crippen molar-refractivity contribution >= 4 is 23.4 Å². The van der Waals surface area contributed by atoms with Gasteiger partial charge in [0.25, 0.3) is 0 Å². The molecule has 1 rings (SSSR count). The van der Waals surface area contributed by atoms with Crippen LogP contribution in [-0.2, 0) is 0 Å². The molecule has 70 valence electrons. The first-order valence-corrected chi connectivity index (χ1v) is 3.69. The summed E-state index contributed by atoms with van der Waals surface area (Å²) in [6.07, 6.45) is 0. The molecule has 0 aliphatic rings. The molecule has 4 nitrogen and oxygen atoms in total. The number of rotatable bonds is 2. The minimum Gasteiger partial charge on any atom is -0.478 e. The molecule has 1 aromatic heterocycles. The van der Waals surface area contributed by atoms with Crippen LogP contribution in [0.25, 0.3) is 0 Å². The maximum Gasteiger partial charge on any atom is 0.335 e. The van der Waals surface area contributed by atoms with E-state index in [0.717, 1.165) is 19.2 Å². The van der Waals surface area contributed by atoms with Crippen LogP contribution in [0.1, 0.15) is 10.4 Å². The summed E-state index contributed by atoms with van der Waals surface area (Å²) in [5.74, 6) is -1.31. The molecule has 0 bridgehead atoms. The van der Waals surface area contributed by atoms with Crippen LogP contribution < -0.4 is 5.12 Å². The number of hydrogen-bond donors (Lipinski definition) is 1. The van der Waals surface area contributed by atoms with E-state index in [1.165, 1.54) is 0 Å². The minimum atomic E-state index is -1.17. The second-order valence-corrected chi connectivity index (χ2v) is 2.71. The molecule has 0 aliphatic carbocycles. The van der Waals surface area contributed by atoms with E-state index in [2.05, 4.69) is 4.98 Å². The van der Waals surface area contributed by atoms with Gasteiger partial charge in [-0.2, -0.15) is 5.12 Å². The first kappa shape index (κ1) is 9.73. The Bertz CT molecular complexity index is 343. The molecule has 0 saturated heterocycles. The third-order valence-electron chi connectivity index (χ3n) is 1.34. The number of aromatic nitrogens is 1. The third kappa shape index (κ3) is 2.29. The average molecular weight is 205 g/mol. The maximum absolute atomic E-state index is 12.6. The van der Waals surface area contributed by atoms with E-state index >= 15 is 0 Å². The highest BCUT2D eigenvalue weighted by atomic mass is 35.5. The number of nitrogens with zero attached hydrogens (tertiary/aromatic N) is 2. The van der Waals surface area contributed by atoms with Gasteiger partial charge in [-0.1, -0.05) is 16.1 Å². The van der Waals surface area contributed by atoms with Gasteiger partial charge in [0.2, 0.25) is 0 Å². The normalized spacial score (nSPS) is 9.77. The standard InChI is InChI=1S/C7H6ClFN2O2/c1-11(9)6-3-4(7(12)13)2-5(8)10-6/h2-3H,1H3,(H,12,13). The van der Waals surface area contributed by atoms with Gasteiger partial charge >= 0.3 is 5.97 Å². The number of carbonyl (C=O) groups is 1. The van der Waals surface area contributed by atoms with Crippen molar-refractivity contribution in [2.75, 3.05) is 12.2 Å². The molecule has 6 heteroatoms. The zero-order valence-corrected chi connectivity index (χ0v) is 7.42. The Morgan fingerprint density at radius 3 is 2.77 bits per heavy atom. The second-order valence-electron chi connectivity index (χ2n) is 2.32. The summed E-state index contributed by atoms with van der Waals surface area (Å²) < 4.78 is 12.6. The molecule has 0 unspecified atom stereocenters. The van der Waals surface area contributed by atoms with Gasteiger partial charge in [-0.05, 0) is 12.1 Å². The molecule has 0 fully saturated rings. The largest absolute Gasteiger partial charge is 0.478 e. The SMILES string of the molecule is CN(F)c1cc(C(=O)O)cc(Cl)n1. The van der Waals surface area contributed by atoms with E-state index in [9.17, 15) is 9.28 Å². The third-order valence-corrected chi connectivity index (χ3v) is 1.54. The predicted octanol–water partition coefficient (Wildman–Crippen LogP) is 1.75. The van der Waals surface area contributed by atoms with Gasteiger partial charge < -0.3 is 5.11 Å². The average Bonchev–Trinajstić information content (AvgIpc) is 2.03. The van der Waals surface area contributed by atoms with Gasteiger partial charge in [0.15, 0.2) is 5.82 Å². The van der Waals surface area contributed by atoms with Crippen molar-refractivity contribution in [3.63, 3.8) is 0 Å². The molecule has 0 aromatic carbocycles. The van der Waals surface area contributed by atoms with Gasteiger partial charge in [0, 0.05) is 7.05 Å². The van der Waals surface area contributed by atoms with Crippen LogP contribution in [0, 0.1) is 0 Å².